The zero-order chi connectivity index (χ0) is 21.2. The van der Waals surface area contributed by atoms with E-state index in [2.05, 4.69) is 10.6 Å². The van der Waals surface area contributed by atoms with Crippen LogP contribution in [0.4, 0.5) is 15.8 Å². The summed E-state index contributed by atoms with van der Waals surface area (Å²) in [5, 5.41) is 5.37. The Morgan fingerprint density at radius 3 is 2.41 bits per heavy atom. The Morgan fingerprint density at radius 1 is 1.00 bits per heavy atom. The second-order valence-corrected chi connectivity index (χ2v) is 7.20. The van der Waals surface area contributed by atoms with Gasteiger partial charge >= 0.3 is 5.97 Å². The quantitative estimate of drug-likeness (QED) is 0.609. The van der Waals surface area contributed by atoms with Crippen molar-refractivity contribution in [3.05, 3.63) is 59.4 Å². The number of benzene rings is 2. The Kier molecular flexibility index (Phi) is 8.67. The van der Waals surface area contributed by atoms with Crippen LogP contribution in [0.3, 0.4) is 0 Å². The Labute approximate surface area is 173 Å². The smallest absolute Gasteiger partial charge is 0.316 e. The summed E-state index contributed by atoms with van der Waals surface area (Å²) in [5.74, 6) is -1.74. The van der Waals surface area contributed by atoms with Crippen LogP contribution in [0, 0.1) is 12.7 Å². The van der Waals surface area contributed by atoms with Crippen LogP contribution in [0.2, 0.25) is 0 Å². The number of ether oxygens (including phenoxy) is 1. The lowest BCUT2D eigenvalue weighted by atomic mass is 10.1. The maximum Gasteiger partial charge on any atom is 0.316 e. The predicted molar refractivity (Wildman–Crippen MR) is 113 cm³/mol. The minimum atomic E-state index is -0.583. The van der Waals surface area contributed by atoms with Gasteiger partial charge in [-0.2, -0.15) is 0 Å². The Morgan fingerprint density at radius 2 is 1.72 bits per heavy atom. The minimum Gasteiger partial charge on any atom is -0.455 e. The van der Waals surface area contributed by atoms with Gasteiger partial charge in [-0.1, -0.05) is 25.1 Å². The third-order valence-corrected chi connectivity index (χ3v) is 4.86. The number of aryl methyl sites for hydroxylation is 2. The molecule has 0 atom stereocenters. The van der Waals surface area contributed by atoms with Gasteiger partial charge in [-0.05, 0) is 48.7 Å². The van der Waals surface area contributed by atoms with Crippen LogP contribution in [-0.2, 0) is 25.5 Å². The lowest BCUT2D eigenvalue weighted by molar-refractivity contribution is -0.144. The fourth-order valence-electron chi connectivity index (χ4n) is 2.52. The second-order valence-electron chi connectivity index (χ2n) is 6.22. The molecule has 2 N–H and O–H groups in total. The van der Waals surface area contributed by atoms with Gasteiger partial charge in [0.2, 0.25) is 5.91 Å². The van der Waals surface area contributed by atoms with E-state index in [1.807, 2.05) is 32.0 Å². The van der Waals surface area contributed by atoms with Crippen LogP contribution in [0.1, 0.15) is 18.1 Å². The van der Waals surface area contributed by atoms with Crippen LogP contribution >= 0.6 is 11.8 Å². The van der Waals surface area contributed by atoms with Crippen molar-refractivity contribution < 1.29 is 23.5 Å². The molecule has 2 aromatic carbocycles. The molecule has 0 unspecified atom stereocenters. The standard InChI is InChI=1S/C21H23FN2O4S/c1-3-15-6-4-5-14(2)21(15)24-18(25)11-28-20(27)13-29-12-19(26)23-17-9-7-16(22)8-10-17/h4-10H,3,11-13H2,1-2H3,(H,23,26)(H,24,25). The molecular weight excluding hydrogens is 395 g/mol. The molecule has 0 bridgehead atoms. The molecule has 29 heavy (non-hydrogen) atoms. The normalized spacial score (nSPS) is 10.3. The lowest BCUT2D eigenvalue weighted by Crippen LogP contribution is -2.23. The van der Waals surface area contributed by atoms with Gasteiger partial charge in [0.05, 0.1) is 11.5 Å². The van der Waals surface area contributed by atoms with E-state index in [0.29, 0.717) is 5.69 Å². The highest BCUT2D eigenvalue weighted by Crippen LogP contribution is 2.20. The average molecular weight is 418 g/mol. The molecule has 0 saturated heterocycles. The molecule has 0 saturated carbocycles. The molecule has 0 heterocycles. The van der Waals surface area contributed by atoms with Gasteiger partial charge in [0.15, 0.2) is 6.61 Å². The number of carbonyl (C=O) groups is 3. The van der Waals surface area contributed by atoms with Crippen molar-refractivity contribution in [1.29, 1.82) is 0 Å². The Hall–Kier alpha value is -2.87. The fraction of sp³-hybridized carbons (Fsp3) is 0.286. The van der Waals surface area contributed by atoms with Gasteiger partial charge in [0.25, 0.3) is 5.91 Å². The number of hydrogen-bond donors (Lipinski definition) is 2. The van der Waals surface area contributed by atoms with Gasteiger partial charge in [0.1, 0.15) is 5.82 Å². The molecule has 0 aliphatic rings. The monoisotopic (exact) mass is 418 g/mol. The SMILES string of the molecule is CCc1cccc(C)c1NC(=O)COC(=O)CSCC(=O)Nc1ccc(F)cc1. The zero-order valence-corrected chi connectivity index (χ0v) is 17.1. The summed E-state index contributed by atoms with van der Waals surface area (Å²) in [6.45, 7) is 3.50. The van der Waals surface area contributed by atoms with Crippen molar-refractivity contribution in [2.24, 2.45) is 0 Å². The first-order valence-corrected chi connectivity index (χ1v) is 10.2. The number of rotatable bonds is 9. The first-order valence-electron chi connectivity index (χ1n) is 9.06. The van der Waals surface area contributed by atoms with Crippen molar-refractivity contribution in [3.8, 4) is 0 Å². The molecule has 0 radical (unpaired) electrons. The number of para-hydroxylation sites is 1. The molecule has 2 aromatic rings. The third kappa shape index (κ3) is 7.57. The Bertz CT molecular complexity index is 871. The van der Waals surface area contributed by atoms with E-state index in [1.54, 1.807) is 0 Å². The maximum atomic E-state index is 12.8. The van der Waals surface area contributed by atoms with E-state index in [9.17, 15) is 18.8 Å². The number of thioether (sulfide) groups is 1. The third-order valence-electron chi connectivity index (χ3n) is 3.95. The fourth-order valence-corrected chi connectivity index (χ4v) is 3.13. The van der Waals surface area contributed by atoms with Crippen LogP contribution in [0.5, 0.6) is 0 Å². The summed E-state index contributed by atoms with van der Waals surface area (Å²) in [6.07, 6.45) is 0.772. The molecule has 0 aliphatic carbocycles. The van der Waals surface area contributed by atoms with Crippen LogP contribution < -0.4 is 10.6 Å². The summed E-state index contributed by atoms with van der Waals surface area (Å²) < 4.78 is 17.8. The average Bonchev–Trinajstić information content (AvgIpc) is 2.69. The number of hydrogen-bond acceptors (Lipinski definition) is 5. The highest BCUT2D eigenvalue weighted by Gasteiger charge is 2.12. The van der Waals surface area contributed by atoms with Gasteiger partial charge in [-0.3, -0.25) is 14.4 Å². The topological polar surface area (TPSA) is 84.5 Å². The van der Waals surface area contributed by atoms with Crippen LogP contribution in [-0.4, -0.2) is 35.9 Å². The molecule has 0 aliphatic heterocycles. The number of nitrogens with one attached hydrogen (secondary N) is 2. The number of halogens is 1. The van der Waals surface area contributed by atoms with E-state index in [-0.39, 0.29) is 17.4 Å². The summed E-state index contributed by atoms with van der Waals surface area (Å²) in [7, 11) is 0. The van der Waals surface area contributed by atoms with Crippen LogP contribution in [0.25, 0.3) is 0 Å². The van der Waals surface area contributed by atoms with Crippen LogP contribution in [0.15, 0.2) is 42.5 Å². The van der Waals surface area contributed by atoms with Gasteiger partial charge in [0, 0.05) is 11.4 Å². The van der Waals surface area contributed by atoms with E-state index < -0.39 is 24.3 Å². The summed E-state index contributed by atoms with van der Waals surface area (Å²) in [5.41, 5.74) is 3.15. The summed E-state index contributed by atoms with van der Waals surface area (Å²) in [4.78, 5) is 35.6. The number of esters is 1. The molecule has 0 spiro atoms. The lowest BCUT2D eigenvalue weighted by Gasteiger charge is -2.13. The Balaban J connectivity index is 1.68. The van der Waals surface area contributed by atoms with Gasteiger partial charge < -0.3 is 15.4 Å². The van der Waals surface area contributed by atoms with Crippen molar-refractivity contribution in [1.82, 2.24) is 0 Å². The molecule has 0 aromatic heterocycles. The highest BCUT2D eigenvalue weighted by atomic mass is 32.2. The molecule has 2 rings (SSSR count). The predicted octanol–water partition coefficient (Wildman–Crippen LogP) is 3.55. The molecule has 0 fully saturated rings. The zero-order valence-electron chi connectivity index (χ0n) is 16.3. The molecule has 8 heteroatoms. The molecular formula is C21H23FN2O4S. The first kappa shape index (κ1) is 22.4. The van der Waals surface area contributed by atoms with Crippen molar-refractivity contribution in [3.63, 3.8) is 0 Å². The molecule has 2 amide bonds. The maximum absolute atomic E-state index is 12.8. The number of anilines is 2. The van der Waals surface area contributed by atoms with E-state index in [1.165, 1.54) is 24.3 Å². The second kappa shape index (κ2) is 11.2. The van der Waals surface area contributed by atoms with Crippen molar-refractivity contribution in [2.75, 3.05) is 28.7 Å². The highest BCUT2D eigenvalue weighted by molar-refractivity contribution is 8.00. The first-order chi connectivity index (χ1) is 13.9. The van der Waals surface area contributed by atoms with Gasteiger partial charge in [-0.15, -0.1) is 11.8 Å². The minimum absolute atomic E-state index is 0.0295. The van der Waals surface area contributed by atoms with E-state index >= 15 is 0 Å². The van der Waals surface area contributed by atoms with E-state index in [4.69, 9.17) is 4.74 Å². The largest absolute Gasteiger partial charge is 0.455 e. The van der Waals surface area contributed by atoms with Crippen molar-refractivity contribution >= 4 is 40.9 Å². The molecule has 154 valence electrons. The molecule has 6 nitrogen and oxygen atoms in total. The number of carbonyl (C=O) groups excluding carboxylic acids is 3. The number of amides is 2. The van der Waals surface area contributed by atoms with Crippen molar-refractivity contribution in [2.45, 2.75) is 20.3 Å². The van der Waals surface area contributed by atoms with Gasteiger partial charge in [-0.25, -0.2) is 4.39 Å². The summed E-state index contributed by atoms with van der Waals surface area (Å²) in [6, 6.07) is 11.1. The summed E-state index contributed by atoms with van der Waals surface area (Å²) >= 11 is 1.06. The van der Waals surface area contributed by atoms with E-state index in [0.717, 1.165) is 35.0 Å².